The number of anilines is 1. The maximum Gasteiger partial charge on any atom is 0.251 e. The van der Waals surface area contributed by atoms with Crippen molar-refractivity contribution in [3.63, 3.8) is 0 Å². The van der Waals surface area contributed by atoms with E-state index in [4.69, 9.17) is 11.6 Å². The van der Waals surface area contributed by atoms with Crippen molar-refractivity contribution in [2.75, 3.05) is 11.1 Å². The van der Waals surface area contributed by atoms with Crippen LogP contribution in [0, 0.1) is 19.8 Å². The van der Waals surface area contributed by atoms with Crippen LogP contribution >= 0.6 is 23.4 Å². The first-order valence-corrected chi connectivity index (χ1v) is 12.0. The molecule has 3 aromatic rings. The molecule has 2 aromatic carbocycles. The van der Waals surface area contributed by atoms with Gasteiger partial charge in [0.25, 0.3) is 5.91 Å². The highest BCUT2D eigenvalue weighted by Crippen LogP contribution is 2.25. The van der Waals surface area contributed by atoms with Gasteiger partial charge in [-0.05, 0) is 49.6 Å². The molecule has 1 aromatic heterocycles. The molecule has 0 unspecified atom stereocenters. The molecule has 0 saturated heterocycles. The fraction of sp³-hybridized carbons (Fsp3) is 0.333. The Kier molecular flexibility index (Phi) is 8.15. The van der Waals surface area contributed by atoms with E-state index < -0.39 is 0 Å². The van der Waals surface area contributed by atoms with Crippen LogP contribution < -0.4 is 10.6 Å². The van der Waals surface area contributed by atoms with Gasteiger partial charge < -0.3 is 15.2 Å². The Labute approximate surface area is 203 Å². The summed E-state index contributed by atoms with van der Waals surface area (Å²) in [5.74, 6) is 0.571. The minimum atomic E-state index is -0.326. The summed E-state index contributed by atoms with van der Waals surface area (Å²) in [6.07, 6.45) is 0. The number of carbonyl (C=O) groups is 2. The van der Waals surface area contributed by atoms with Crippen LogP contribution in [0.4, 0.5) is 5.69 Å². The van der Waals surface area contributed by atoms with E-state index >= 15 is 0 Å². The summed E-state index contributed by atoms with van der Waals surface area (Å²) in [6, 6.07) is 12.5. The van der Waals surface area contributed by atoms with Gasteiger partial charge in [0.1, 0.15) is 0 Å². The summed E-state index contributed by atoms with van der Waals surface area (Å²) >= 11 is 7.31. The van der Waals surface area contributed by atoms with E-state index in [0.29, 0.717) is 27.3 Å². The average Bonchev–Trinajstić information content (AvgIpc) is 3.12. The first-order valence-electron chi connectivity index (χ1n) is 10.6. The maximum absolute atomic E-state index is 12.8. The topological polar surface area (TPSA) is 88.9 Å². The van der Waals surface area contributed by atoms with E-state index in [1.807, 2.05) is 63.6 Å². The van der Waals surface area contributed by atoms with E-state index in [-0.39, 0.29) is 29.5 Å². The number of nitrogens with one attached hydrogen (secondary N) is 2. The lowest BCUT2D eigenvalue weighted by atomic mass is 10.0. The largest absolute Gasteiger partial charge is 0.342 e. The van der Waals surface area contributed by atoms with Crippen LogP contribution in [0.25, 0.3) is 0 Å². The van der Waals surface area contributed by atoms with Crippen molar-refractivity contribution in [1.29, 1.82) is 0 Å². The lowest BCUT2D eigenvalue weighted by molar-refractivity contribution is -0.113. The van der Waals surface area contributed by atoms with Crippen LogP contribution in [0.3, 0.4) is 0 Å². The van der Waals surface area contributed by atoms with Gasteiger partial charge in [0.2, 0.25) is 5.91 Å². The highest BCUT2D eigenvalue weighted by Gasteiger charge is 2.25. The molecule has 0 aliphatic carbocycles. The Morgan fingerprint density at radius 3 is 2.58 bits per heavy atom. The second kappa shape index (κ2) is 10.9. The van der Waals surface area contributed by atoms with E-state index in [9.17, 15) is 9.59 Å². The molecule has 0 fully saturated rings. The van der Waals surface area contributed by atoms with Crippen molar-refractivity contribution < 1.29 is 9.59 Å². The smallest absolute Gasteiger partial charge is 0.251 e. The van der Waals surface area contributed by atoms with Crippen LogP contribution in [0.15, 0.2) is 47.6 Å². The number of rotatable bonds is 8. The van der Waals surface area contributed by atoms with Gasteiger partial charge in [-0.1, -0.05) is 61.0 Å². The second-order valence-electron chi connectivity index (χ2n) is 8.26. The Balaban J connectivity index is 1.68. The van der Waals surface area contributed by atoms with Crippen LogP contribution in [-0.2, 0) is 11.8 Å². The molecule has 2 N–H and O–H groups in total. The summed E-state index contributed by atoms with van der Waals surface area (Å²) in [5, 5.41) is 15.7. The van der Waals surface area contributed by atoms with Gasteiger partial charge in [-0.3, -0.25) is 9.59 Å². The Bertz CT molecular complexity index is 1160. The predicted molar refractivity (Wildman–Crippen MR) is 133 cm³/mol. The van der Waals surface area contributed by atoms with Crippen molar-refractivity contribution in [2.45, 2.75) is 38.9 Å². The van der Waals surface area contributed by atoms with Gasteiger partial charge in [0.15, 0.2) is 11.0 Å². The molecule has 1 heterocycles. The molecule has 174 valence electrons. The van der Waals surface area contributed by atoms with E-state index in [0.717, 1.165) is 11.1 Å². The summed E-state index contributed by atoms with van der Waals surface area (Å²) in [4.78, 5) is 25.3. The number of hydrogen-bond acceptors (Lipinski definition) is 5. The third kappa shape index (κ3) is 6.36. The molecule has 33 heavy (non-hydrogen) atoms. The number of carbonyl (C=O) groups excluding carboxylic acids is 2. The summed E-state index contributed by atoms with van der Waals surface area (Å²) in [5.41, 5.74) is 3.24. The van der Waals surface area contributed by atoms with Crippen molar-refractivity contribution in [3.05, 3.63) is 70.0 Å². The Morgan fingerprint density at radius 1 is 1.12 bits per heavy atom. The number of halogens is 1. The Morgan fingerprint density at radius 2 is 1.88 bits per heavy atom. The number of thioether (sulfide) groups is 1. The fourth-order valence-electron chi connectivity index (χ4n) is 3.31. The third-order valence-corrected chi connectivity index (χ3v) is 6.44. The SMILES string of the molecule is Cc1cccc(C(=O)N[C@@H](c2nnc(SCC(=O)Nc3cc(Cl)ccc3C)n2C)C(C)C)c1. The van der Waals surface area contributed by atoms with Gasteiger partial charge >= 0.3 is 0 Å². The van der Waals surface area contributed by atoms with Crippen molar-refractivity contribution in [3.8, 4) is 0 Å². The standard InChI is InChI=1S/C24H28ClN5O2S/c1-14(2)21(27-23(32)17-8-6-7-15(3)11-17)22-28-29-24(30(22)5)33-13-20(31)26-19-12-18(25)10-9-16(19)4/h6-12,14,21H,13H2,1-5H3,(H,26,31)(H,27,32)/t21-/m1/s1. The molecule has 0 spiro atoms. The Hall–Kier alpha value is -2.84. The molecule has 0 radical (unpaired) electrons. The molecule has 1 atom stereocenters. The zero-order valence-electron chi connectivity index (χ0n) is 19.3. The second-order valence-corrected chi connectivity index (χ2v) is 9.64. The minimum Gasteiger partial charge on any atom is -0.342 e. The molecular formula is C24H28ClN5O2S. The normalized spacial score (nSPS) is 12.0. The molecule has 3 rings (SSSR count). The fourth-order valence-corrected chi connectivity index (χ4v) is 4.20. The summed E-state index contributed by atoms with van der Waals surface area (Å²) in [6.45, 7) is 7.89. The number of amides is 2. The zero-order chi connectivity index (χ0) is 24.1. The molecule has 7 nitrogen and oxygen atoms in total. The number of aromatic nitrogens is 3. The number of benzene rings is 2. The van der Waals surface area contributed by atoms with Crippen LogP contribution in [0.1, 0.15) is 47.2 Å². The zero-order valence-corrected chi connectivity index (χ0v) is 20.9. The van der Waals surface area contributed by atoms with Crippen LogP contribution in [0.5, 0.6) is 0 Å². The summed E-state index contributed by atoms with van der Waals surface area (Å²) in [7, 11) is 1.84. The number of aryl methyl sites for hydroxylation is 2. The lowest BCUT2D eigenvalue weighted by Gasteiger charge is -2.21. The third-order valence-electron chi connectivity index (χ3n) is 5.19. The summed E-state index contributed by atoms with van der Waals surface area (Å²) < 4.78 is 1.82. The van der Waals surface area contributed by atoms with E-state index in [1.54, 1.807) is 18.2 Å². The molecule has 9 heteroatoms. The average molecular weight is 486 g/mol. The molecular weight excluding hydrogens is 458 g/mol. The first-order chi connectivity index (χ1) is 15.7. The predicted octanol–water partition coefficient (Wildman–Crippen LogP) is 4.94. The molecule has 0 aliphatic rings. The van der Waals surface area contributed by atoms with Crippen LogP contribution in [0.2, 0.25) is 5.02 Å². The minimum absolute atomic E-state index is 0.0913. The quantitative estimate of drug-likeness (QED) is 0.441. The van der Waals surface area contributed by atoms with Crippen molar-refractivity contribution >= 4 is 40.9 Å². The first kappa shape index (κ1) is 24.8. The molecule has 0 bridgehead atoms. The molecule has 0 aliphatic heterocycles. The van der Waals surface area contributed by atoms with Gasteiger partial charge in [-0.2, -0.15) is 0 Å². The highest BCUT2D eigenvalue weighted by atomic mass is 35.5. The number of nitrogens with zero attached hydrogens (tertiary/aromatic N) is 3. The number of hydrogen-bond donors (Lipinski definition) is 2. The van der Waals surface area contributed by atoms with Gasteiger partial charge in [0.05, 0.1) is 11.8 Å². The van der Waals surface area contributed by atoms with Crippen LogP contribution in [-0.4, -0.2) is 32.3 Å². The van der Waals surface area contributed by atoms with Gasteiger partial charge in [-0.25, -0.2) is 0 Å². The van der Waals surface area contributed by atoms with Gasteiger partial charge in [-0.15, -0.1) is 10.2 Å². The van der Waals surface area contributed by atoms with Crippen molar-refractivity contribution in [2.24, 2.45) is 13.0 Å². The van der Waals surface area contributed by atoms with E-state index in [1.165, 1.54) is 11.8 Å². The van der Waals surface area contributed by atoms with Gasteiger partial charge in [0, 0.05) is 23.3 Å². The lowest BCUT2D eigenvalue weighted by Crippen LogP contribution is -2.33. The van der Waals surface area contributed by atoms with Crippen molar-refractivity contribution in [1.82, 2.24) is 20.1 Å². The highest BCUT2D eigenvalue weighted by molar-refractivity contribution is 7.99. The monoisotopic (exact) mass is 485 g/mol. The molecule has 2 amide bonds. The molecule has 0 saturated carbocycles. The van der Waals surface area contributed by atoms with E-state index in [2.05, 4.69) is 20.8 Å². The maximum atomic E-state index is 12.8.